The van der Waals surface area contributed by atoms with Gasteiger partial charge in [0.1, 0.15) is 6.54 Å². The molecule has 2 aromatic rings. The number of carboxylic acid groups (broad SMARTS) is 1. The van der Waals surface area contributed by atoms with Crippen molar-refractivity contribution in [3.8, 4) is 0 Å². The molecule has 1 unspecified atom stereocenters. The average Bonchev–Trinajstić information content (AvgIpc) is 3.19. The molecule has 0 aliphatic carbocycles. The van der Waals surface area contributed by atoms with Crippen LogP contribution in [0, 0.1) is 0 Å². The molecule has 1 saturated heterocycles. The summed E-state index contributed by atoms with van der Waals surface area (Å²) in [4.78, 5) is 39.6. The van der Waals surface area contributed by atoms with Crippen LogP contribution in [-0.4, -0.2) is 53.6 Å². The van der Waals surface area contributed by atoms with Crippen LogP contribution in [0.4, 0.5) is 10.5 Å². The molecule has 0 aromatic heterocycles. The van der Waals surface area contributed by atoms with Gasteiger partial charge in [0.15, 0.2) is 0 Å². The fourth-order valence-corrected chi connectivity index (χ4v) is 3.52. The number of hydrogen-bond donors (Lipinski definition) is 2. The van der Waals surface area contributed by atoms with Gasteiger partial charge in [0.25, 0.3) is 5.91 Å². The van der Waals surface area contributed by atoms with Crippen molar-refractivity contribution in [1.82, 2.24) is 10.2 Å². The number of carbonyl (C=O) groups excluding carboxylic acids is 2. The zero-order valence-electron chi connectivity index (χ0n) is 16.2. The smallest absolute Gasteiger partial charge is 0.404 e. The summed E-state index contributed by atoms with van der Waals surface area (Å²) in [5.41, 5.74) is 1.49. The van der Waals surface area contributed by atoms with Crippen LogP contribution in [0.25, 0.3) is 6.08 Å². The number of anilines is 1. The number of likely N-dealkylation sites (tertiary alicyclic amines) is 1. The average molecular weight is 472 g/mol. The first-order valence-electron chi connectivity index (χ1n) is 9.50. The van der Waals surface area contributed by atoms with E-state index < -0.39 is 6.09 Å². The molecule has 0 bridgehead atoms. The van der Waals surface area contributed by atoms with Crippen molar-refractivity contribution >= 4 is 45.6 Å². The van der Waals surface area contributed by atoms with Crippen LogP contribution in [-0.2, 0) is 9.59 Å². The van der Waals surface area contributed by atoms with Crippen LogP contribution >= 0.6 is 15.9 Å². The molecule has 7 nitrogen and oxygen atoms in total. The first-order chi connectivity index (χ1) is 14.4. The van der Waals surface area contributed by atoms with Crippen molar-refractivity contribution in [2.24, 2.45) is 0 Å². The van der Waals surface area contributed by atoms with Crippen molar-refractivity contribution in [3.63, 3.8) is 0 Å². The van der Waals surface area contributed by atoms with Crippen molar-refractivity contribution in [2.75, 3.05) is 24.5 Å². The number of amides is 3. The van der Waals surface area contributed by atoms with Crippen LogP contribution in [0.15, 0.2) is 65.1 Å². The molecule has 0 saturated carbocycles. The third-order valence-electron chi connectivity index (χ3n) is 4.78. The Bertz CT molecular complexity index is 931. The van der Waals surface area contributed by atoms with Crippen LogP contribution in [0.1, 0.15) is 12.0 Å². The van der Waals surface area contributed by atoms with Gasteiger partial charge in [-0.05, 0) is 42.3 Å². The van der Waals surface area contributed by atoms with Crippen molar-refractivity contribution in [2.45, 2.75) is 12.5 Å². The highest BCUT2D eigenvalue weighted by atomic mass is 79.9. The molecule has 1 heterocycles. The Hall–Kier alpha value is -3.13. The Balaban J connectivity index is 1.74. The third kappa shape index (κ3) is 5.93. The Morgan fingerprint density at radius 2 is 1.83 bits per heavy atom. The SMILES string of the molecule is O=C(O)NC1CCN(C(=O)CN(C(=O)C=Cc2ccccc2)c2ccc(Br)cc2)C1. The molecule has 1 atom stereocenters. The van der Waals surface area contributed by atoms with E-state index in [0.717, 1.165) is 10.0 Å². The Labute approximate surface area is 183 Å². The minimum Gasteiger partial charge on any atom is -0.465 e. The molecule has 1 fully saturated rings. The standard InChI is InChI=1S/C22H22BrN3O4/c23-17-7-9-19(10-8-17)26(20(27)11-6-16-4-2-1-3-5-16)15-21(28)25-13-12-18(14-25)24-22(29)30/h1-11,18,24H,12-15H2,(H,29,30). The fraction of sp³-hybridized carbons (Fsp3) is 0.227. The molecule has 2 N–H and O–H groups in total. The molecular weight excluding hydrogens is 450 g/mol. The highest BCUT2D eigenvalue weighted by Crippen LogP contribution is 2.20. The van der Waals surface area contributed by atoms with Gasteiger partial charge in [-0.3, -0.25) is 14.5 Å². The number of nitrogens with zero attached hydrogens (tertiary/aromatic N) is 2. The van der Waals surface area contributed by atoms with E-state index in [1.165, 1.54) is 11.0 Å². The minimum atomic E-state index is -1.10. The van der Waals surface area contributed by atoms with E-state index in [1.807, 2.05) is 42.5 Å². The summed E-state index contributed by atoms with van der Waals surface area (Å²) in [6, 6.07) is 16.3. The number of halogens is 1. The van der Waals surface area contributed by atoms with E-state index in [4.69, 9.17) is 5.11 Å². The molecule has 1 aliphatic rings. The lowest BCUT2D eigenvalue weighted by molar-refractivity contribution is -0.130. The quantitative estimate of drug-likeness (QED) is 0.631. The van der Waals surface area contributed by atoms with Crippen LogP contribution in [0.5, 0.6) is 0 Å². The predicted octanol–water partition coefficient (Wildman–Crippen LogP) is 3.36. The first-order valence-corrected chi connectivity index (χ1v) is 10.3. The molecule has 8 heteroatoms. The molecule has 3 rings (SSSR count). The lowest BCUT2D eigenvalue weighted by atomic mass is 10.2. The minimum absolute atomic E-state index is 0.126. The zero-order valence-corrected chi connectivity index (χ0v) is 17.8. The highest BCUT2D eigenvalue weighted by Gasteiger charge is 2.29. The number of carbonyl (C=O) groups is 3. The van der Waals surface area contributed by atoms with Crippen LogP contribution in [0.2, 0.25) is 0 Å². The van der Waals surface area contributed by atoms with E-state index in [9.17, 15) is 14.4 Å². The summed E-state index contributed by atoms with van der Waals surface area (Å²) in [5.74, 6) is -0.539. The number of nitrogens with one attached hydrogen (secondary N) is 1. The summed E-state index contributed by atoms with van der Waals surface area (Å²) >= 11 is 3.38. The lowest BCUT2D eigenvalue weighted by Gasteiger charge is -2.24. The number of benzene rings is 2. The molecular formula is C22H22BrN3O4. The second-order valence-corrected chi connectivity index (χ2v) is 7.84. The van der Waals surface area contributed by atoms with Gasteiger partial charge in [0.2, 0.25) is 5.91 Å². The molecule has 156 valence electrons. The number of hydrogen-bond acceptors (Lipinski definition) is 3. The van der Waals surface area contributed by atoms with Gasteiger partial charge in [-0.15, -0.1) is 0 Å². The van der Waals surface area contributed by atoms with Gasteiger partial charge in [-0.1, -0.05) is 46.3 Å². The van der Waals surface area contributed by atoms with E-state index in [0.29, 0.717) is 25.2 Å². The highest BCUT2D eigenvalue weighted by molar-refractivity contribution is 9.10. The summed E-state index contributed by atoms with van der Waals surface area (Å²) in [6.07, 6.45) is 2.61. The van der Waals surface area contributed by atoms with Gasteiger partial charge in [-0.2, -0.15) is 0 Å². The normalized spacial score (nSPS) is 15.9. The second kappa shape index (κ2) is 10.1. The van der Waals surface area contributed by atoms with E-state index in [2.05, 4.69) is 21.2 Å². The summed E-state index contributed by atoms with van der Waals surface area (Å²) < 4.78 is 0.868. The first kappa shape index (κ1) is 21.6. The van der Waals surface area contributed by atoms with E-state index in [1.54, 1.807) is 23.1 Å². The topological polar surface area (TPSA) is 89.9 Å². The van der Waals surface area contributed by atoms with Crippen molar-refractivity contribution in [3.05, 3.63) is 70.7 Å². The van der Waals surface area contributed by atoms with Gasteiger partial charge < -0.3 is 15.3 Å². The molecule has 0 spiro atoms. The maximum Gasteiger partial charge on any atom is 0.404 e. The van der Waals surface area contributed by atoms with Gasteiger partial charge in [0.05, 0.1) is 6.04 Å². The van der Waals surface area contributed by atoms with Crippen LogP contribution < -0.4 is 10.2 Å². The maximum atomic E-state index is 12.9. The second-order valence-electron chi connectivity index (χ2n) is 6.92. The molecule has 2 aromatic carbocycles. The lowest BCUT2D eigenvalue weighted by Crippen LogP contribution is -2.43. The molecule has 1 aliphatic heterocycles. The van der Waals surface area contributed by atoms with E-state index >= 15 is 0 Å². The molecule has 0 radical (unpaired) electrons. The molecule has 3 amide bonds. The molecule has 30 heavy (non-hydrogen) atoms. The fourth-order valence-electron chi connectivity index (χ4n) is 3.25. The largest absolute Gasteiger partial charge is 0.465 e. The van der Waals surface area contributed by atoms with E-state index in [-0.39, 0.29) is 24.4 Å². The van der Waals surface area contributed by atoms with Gasteiger partial charge in [-0.25, -0.2) is 4.79 Å². The Kier molecular flexibility index (Phi) is 7.24. The third-order valence-corrected chi connectivity index (χ3v) is 5.31. The summed E-state index contributed by atoms with van der Waals surface area (Å²) in [6.45, 7) is 0.624. The monoisotopic (exact) mass is 471 g/mol. The van der Waals surface area contributed by atoms with Gasteiger partial charge >= 0.3 is 6.09 Å². The van der Waals surface area contributed by atoms with Crippen molar-refractivity contribution in [1.29, 1.82) is 0 Å². The maximum absolute atomic E-state index is 12.9. The number of rotatable bonds is 6. The van der Waals surface area contributed by atoms with Crippen LogP contribution in [0.3, 0.4) is 0 Å². The Morgan fingerprint density at radius 1 is 1.13 bits per heavy atom. The van der Waals surface area contributed by atoms with Gasteiger partial charge in [0, 0.05) is 29.3 Å². The zero-order chi connectivity index (χ0) is 21.5. The summed E-state index contributed by atoms with van der Waals surface area (Å²) in [7, 11) is 0. The van der Waals surface area contributed by atoms with Crippen molar-refractivity contribution < 1.29 is 19.5 Å². The Morgan fingerprint density at radius 3 is 2.50 bits per heavy atom. The predicted molar refractivity (Wildman–Crippen MR) is 118 cm³/mol. The summed E-state index contributed by atoms with van der Waals surface area (Å²) in [5, 5.41) is 11.3.